The van der Waals surface area contributed by atoms with Crippen LogP contribution in [0.3, 0.4) is 0 Å². The van der Waals surface area contributed by atoms with Crippen LogP contribution in [0.4, 0.5) is 4.39 Å². The van der Waals surface area contributed by atoms with Crippen molar-refractivity contribution in [2.45, 2.75) is 37.1 Å². The van der Waals surface area contributed by atoms with E-state index in [1.165, 1.54) is 18.2 Å². The molecular formula is C14H21FN2O2S. The number of piperidine rings is 1. The van der Waals surface area contributed by atoms with Crippen molar-refractivity contribution in [3.63, 3.8) is 0 Å². The van der Waals surface area contributed by atoms with E-state index in [1.54, 1.807) is 11.2 Å². The van der Waals surface area contributed by atoms with Crippen LogP contribution in [0.25, 0.3) is 0 Å². The Morgan fingerprint density at radius 3 is 2.80 bits per heavy atom. The first-order valence-electron chi connectivity index (χ1n) is 6.89. The quantitative estimate of drug-likeness (QED) is 0.924. The molecule has 0 amide bonds. The lowest BCUT2D eigenvalue weighted by Gasteiger charge is -2.34. The second-order valence-corrected chi connectivity index (χ2v) is 7.09. The number of aryl methyl sites for hydroxylation is 1. The Morgan fingerprint density at radius 1 is 1.40 bits per heavy atom. The fraction of sp³-hybridized carbons (Fsp3) is 0.571. The van der Waals surface area contributed by atoms with E-state index >= 15 is 0 Å². The monoisotopic (exact) mass is 300 g/mol. The van der Waals surface area contributed by atoms with Crippen LogP contribution in [-0.4, -0.2) is 38.9 Å². The molecular weight excluding hydrogens is 279 g/mol. The lowest BCUT2D eigenvalue weighted by Crippen LogP contribution is -2.48. The van der Waals surface area contributed by atoms with Gasteiger partial charge in [0, 0.05) is 19.1 Å². The number of halogens is 1. The molecule has 1 heterocycles. The highest BCUT2D eigenvalue weighted by atomic mass is 32.2. The average Bonchev–Trinajstić information content (AvgIpc) is 2.39. The molecule has 1 aliphatic rings. The molecule has 0 aliphatic carbocycles. The minimum absolute atomic E-state index is 0.0248. The average molecular weight is 300 g/mol. The summed E-state index contributed by atoms with van der Waals surface area (Å²) in [6, 6.07) is 3.81. The van der Waals surface area contributed by atoms with Crippen LogP contribution in [0, 0.1) is 12.7 Å². The third-order valence-electron chi connectivity index (χ3n) is 3.74. The summed E-state index contributed by atoms with van der Waals surface area (Å²) in [7, 11) is -1.73. The van der Waals surface area contributed by atoms with E-state index in [-0.39, 0.29) is 10.9 Å². The van der Waals surface area contributed by atoms with E-state index in [2.05, 4.69) is 5.32 Å². The summed E-state index contributed by atoms with van der Waals surface area (Å²) in [6.45, 7) is 2.80. The van der Waals surface area contributed by atoms with Gasteiger partial charge in [-0.15, -0.1) is 0 Å². The maximum atomic E-state index is 13.2. The smallest absolute Gasteiger partial charge is 0.243 e. The Balaban J connectivity index is 2.37. The third kappa shape index (κ3) is 3.02. The summed E-state index contributed by atoms with van der Waals surface area (Å²) in [6.07, 6.45) is 2.78. The van der Waals surface area contributed by atoms with Gasteiger partial charge in [-0.2, -0.15) is 4.31 Å². The molecule has 1 fully saturated rings. The maximum Gasteiger partial charge on any atom is 0.243 e. The fourth-order valence-electron chi connectivity index (χ4n) is 2.76. The summed E-state index contributed by atoms with van der Waals surface area (Å²) in [5.74, 6) is -0.410. The Morgan fingerprint density at radius 2 is 2.15 bits per heavy atom. The summed E-state index contributed by atoms with van der Waals surface area (Å²) in [5, 5.41) is 3.05. The van der Waals surface area contributed by atoms with E-state index in [4.69, 9.17) is 0 Å². The van der Waals surface area contributed by atoms with Crippen molar-refractivity contribution in [2.75, 3.05) is 20.1 Å². The summed E-state index contributed by atoms with van der Waals surface area (Å²) in [4.78, 5) is 0.210. The number of rotatable bonds is 4. The lowest BCUT2D eigenvalue weighted by atomic mass is 10.1. The van der Waals surface area contributed by atoms with Gasteiger partial charge in [-0.25, -0.2) is 12.8 Å². The third-order valence-corrected chi connectivity index (χ3v) is 5.85. The predicted molar refractivity (Wildman–Crippen MR) is 76.6 cm³/mol. The van der Waals surface area contributed by atoms with Crippen LogP contribution in [0.1, 0.15) is 24.8 Å². The first kappa shape index (κ1) is 15.4. The van der Waals surface area contributed by atoms with Crippen LogP contribution in [0.5, 0.6) is 0 Å². The number of benzene rings is 1. The second-order valence-electron chi connectivity index (χ2n) is 5.23. The molecule has 112 valence electrons. The first-order chi connectivity index (χ1) is 9.46. The summed E-state index contributed by atoms with van der Waals surface area (Å²) in [5.41, 5.74) is 0.457. The van der Waals surface area contributed by atoms with Crippen molar-refractivity contribution in [1.82, 2.24) is 9.62 Å². The van der Waals surface area contributed by atoms with Gasteiger partial charge in [0.2, 0.25) is 10.0 Å². The number of nitrogens with zero attached hydrogens (tertiary/aromatic N) is 1. The molecule has 1 aromatic rings. The van der Waals surface area contributed by atoms with Gasteiger partial charge >= 0.3 is 0 Å². The SMILES string of the molecule is CNCC1CCCCN1S(=O)(=O)c1ccc(F)cc1C. The molecule has 6 heteroatoms. The van der Waals surface area contributed by atoms with Crippen molar-refractivity contribution in [3.05, 3.63) is 29.6 Å². The van der Waals surface area contributed by atoms with Crippen LogP contribution < -0.4 is 5.32 Å². The molecule has 1 unspecified atom stereocenters. The van der Waals surface area contributed by atoms with Gasteiger partial charge in [0.15, 0.2) is 0 Å². The Kier molecular flexibility index (Phi) is 4.78. The largest absolute Gasteiger partial charge is 0.318 e. The highest BCUT2D eigenvalue weighted by Crippen LogP contribution is 2.27. The van der Waals surface area contributed by atoms with Gasteiger partial charge in [-0.1, -0.05) is 6.42 Å². The lowest BCUT2D eigenvalue weighted by molar-refractivity contribution is 0.249. The number of hydrogen-bond donors (Lipinski definition) is 1. The van der Waals surface area contributed by atoms with E-state index in [9.17, 15) is 12.8 Å². The minimum Gasteiger partial charge on any atom is -0.318 e. The molecule has 0 bridgehead atoms. The zero-order valence-electron chi connectivity index (χ0n) is 11.9. The van der Waals surface area contributed by atoms with Crippen LogP contribution >= 0.6 is 0 Å². The topological polar surface area (TPSA) is 49.4 Å². The number of hydrogen-bond acceptors (Lipinski definition) is 3. The Bertz CT molecular complexity index is 573. The van der Waals surface area contributed by atoms with Crippen LogP contribution in [0.2, 0.25) is 0 Å². The number of nitrogens with one attached hydrogen (secondary N) is 1. The Labute approximate surface area is 120 Å². The highest BCUT2D eigenvalue weighted by Gasteiger charge is 2.33. The predicted octanol–water partition coefficient (Wildman–Crippen LogP) is 1.90. The van der Waals surface area contributed by atoms with Gasteiger partial charge in [-0.05, 0) is 50.6 Å². The fourth-order valence-corrected chi connectivity index (χ4v) is 4.66. The molecule has 4 nitrogen and oxygen atoms in total. The van der Waals surface area contributed by atoms with E-state index in [0.717, 1.165) is 19.3 Å². The molecule has 0 saturated carbocycles. The van der Waals surface area contributed by atoms with Crippen molar-refractivity contribution in [3.8, 4) is 0 Å². The molecule has 1 aromatic carbocycles. The second kappa shape index (κ2) is 6.20. The Hall–Kier alpha value is -0.980. The van der Waals surface area contributed by atoms with Gasteiger partial charge in [0.25, 0.3) is 0 Å². The first-order valence-corrected chi connectivity index (χ1v) is 8.33. The van der Waals surface area contributed by atoms with Gasteiger partial charge in [-0.3, -0.25) is 0 Å². The number of sulfonamides is 1. The van der Waals surface area contributed by atoms with Gasteiger partial charge in [0.05, 0.1) is 4.90 Å². The van der Waals surface area contributed by atoms with Crippen molar-refractivity contribution in [1.29, 1.82) is 0 Å². The summed E-state index contributed by atoms with van der Waals surface area (Å²) < 4.78 is 40.3. The molecule has 0 spiro atoms. The zero-order valence-corrected chi connectivity index (χ0v) is 12.7. The molecule has 1 N–H and O–H groups in total. The van der Waals surface area contributed by atoms with Crippen LogP contribution in [-0.2, 0) is 10.0 Å². The van der Waals surface area contributed by atoms with Gasteiger partial charge < -0.3 is 5.32 Å². The van der Waals surface area contributed by atoms with Crippen LogP contribution in [0.15, 0.2) is 23.1 Å². The molecule has 20 heavy (non-hydrogen) atoms. The van der Waals surface area contributed by atoms with Crippen molar-refractivity contribution >= 4 is 10.0 Å². The molecule has 1 saturated heterocycles. The number of likely N-dealkylation sites (N-methyl/N-ethyl adjacent to an activating group) is 1. The standard InChI is InChI=1S/C14H21FN2O2S/c1-11-9-12(15)6-7-14(11)20(18,19)17-8-4-3-5-13(17)10-16-2/h6-7,9,13,16H,3-5,8,10H2,1-2H3. The normalized spacial score (nSPS) is 21.1. The molecule has 1 atom stereocenters. The van der Waals surface area contributed by atoms with Crippen molar-refractivity contribution in [2.24, 2.45) is 0 Å². The molecule has 0 aromatic heterocycles. The van der Waals surface area contributed by atoms with Gasteiger partial charge in [0.1, 0.15) is 5.82 Å². The minimum atomic E-state index is -3.55. The molecule has 1 aliphatic heterocycles. The zero-order chi connectivity index (χ0) is 14.8. The van der Waals surface area contributed by atoms with E-state index < -0.39 is 15.8 Å². The molecule has 2 rings (SSSR count). The van der Waals surface area contributed by atoms with E-state index in [1.807, 2.05) is 7.05 Å². The summed E-state index contributed by atoms with van der Waals surface area (Å²) >= 11 is 0. The maximum absolute atomic E-state index is 13.2. The van der Waals surface area contributed by atoms with Crippen molar-refractivity contribution < 1.29 is 12.8 Å². The van der Waals surface area contributed by atoms with E-state index in [0.29, 0.717) is 18.7 Å². The molecule has 0 radical (unpaired) electrons. The highest BCUT2D eigenvalue weighted by molar-refractivity contribution is 7.89.